The molecule has 5 heteroatoms. The van der Waals surface area contributed by atoms with E-state index in [1.54, 1.807) is 6.20 Å². The summed E-state index contributed by atoms with van der Waals surface area (Å²) < 4.78 is 5.74. The van der Waals surface area contributed by atoms with Crippen molar-refractivity contribution < 1.29 is 9.53 Å². The number of ether oxygens (including phenoxy) is 1. The van der Waals surface area contributed by atoms with E-state index in [0.29, 0.717) is 5.92 Å². The molecule has 2 fully saturated rings. The highest BCUT2D eigenvalue weighted by Crippen LogP contribution is 2.30. The van der Waals surface area contributed by atoms with Crippen LogP contribution in [0.2, 0.25) is 0 Å². The molecule has 4 rings (SSSR count). The van der Waals surface area contributed by atoms with Gasteiger partial charge in [-0.25, -0.2) is 0 Å². The quantitative estimate of drug-likeness (QED) is 0.918. The number of carbonyl (C=O) groups is 1. The lowest BCUT2D eigenvalue weighted by molar-refractivity contribution is 0.0706. The van der Waals surface area contributed by atoms with Crippen molar-refractivity contribution in [3.05, 3.63) is 47.8 Å². The van der Waals surface area contributed by atoms with Gasteiger partial charge in [-0.05, 0) is 61.9 Å². The fourth-order valence-corrected chi connectivity index (χ4v) is 3.28. The Morgan fingerprint density at radius 3 is 2.75 bits per heavy atom. The van der Waals surface area contributed by atoms with E-state index in [1.807, 2.05) is 35.2 Å². The lowest BCUT2D eigenvalue weighted by Crippen LogP contribution is -2.39. The second kappa shape index (κ2) is 6.67. The van der Waals surface area contributed by atoms with Crippen LogP contribution in [0.4, 0.5) is 0 Å². The molecule has 1 N–H and O–H groups in total. The summed E-state index contributed by atoms with van der Waals surface area (Å²) in [6.07, 6.45) is 6.46. The van der Waals surface area contributed by atoms with Crippen LogP contribution in [0, 0.1) is 5.92 Å². The van der Waals surface area contributed by atoms with E-state index >= 15 is 0 Å². The molecular weight excluding hydrogens is 302 g/mol. The second-order valence-electron chi connectivity index (χ2n) is 6.88. The van der Waals surface area contributed by atoms with E-state index in [-0.39, 0.29) is 5.91 Å². The first-order valence-corrected chi connectivity index (χ1v) is 8.81. The van der Waals surface area contributed by atoms with E-state index in [1.165, 1.54) is 12.8 Å². The van der Waals surface area contributed by atoms with Gasteiger partial charge in [-0.2, -0.15) is 5.10 Å². The average Bonchev–Trinajstić information content (AvgIpc) is 3.30. The van der Waals surface area contributed by atoms with Crippen LogP contribution < -0.4 is 4.74 Å². The lowest BCUT2D eigenvalue weighted by Gasteiger charge is -2.32. The van der Waals surface area contributed by atoms with Gasteiger partial charge >= 0.3 is 0 Å². The molecule has 24 heavy (non-hydrogen) atoms. The molecule has 5 nitrogen and oxygen atoms in total. The number of aromatic amines is 1. The van der Waals surface area contributed by atoms with E-state index < -0.39 is 0 Å². The van der Waals surface area contributed by atoms with Crippen LogP contribution >= 0.6 is 0 Å². The van der Waals surface area contributed by atoms with Crippen molar-refractivity contribution in [2.75, 3.05) is 19.7 Å². The maximum atomic E-state index is 12.8. The lowest BCUT2D eigenvalue weighted by atomic mass is 9.94. The zero-order valence-electron chi connectivity index (χ0n) is 13.8. The molecule has 2 aliphatic rings. The van der Waals surface area contributed by atoms with Gasteiger partial charge in [0.15, 0.2) is 0 Å². The standard InChI is InChI=1S/C19H23N3O2/c23-19(15-5-7-17(8-6-15)24-13-14-3-4-14)22-11-1-2-16(12-22)18-9-10-20-21-18/h5-10,14,16H,1-4,11-13H2,(H,20,21)/t16-/m0/s1. The minimum absolute atomic E-state index is 0.105. The monoisotopic (exact) mass is 325 g/mol. The van der Waals surface area contributed by atoms with Gasteiger partial charge in [0.1, 0.15) is 5.75 Å². The number of nitrogens with one attached hydrogen (secondary N) is 1. The van der Waals surface area contributed by atoms with Crippen molar-refractivity contribution in [3.63, 3.8) is 0 Å². The van der Waals surface area contributed by atoms with Crippen LogP contribution in [0.5, 0.6) is 5.75 Å². The van der Waals surface area contributed by atoms with E-state index in [2.05, 4.69) is 10.2 Å². The summed E-state index contributed by atoms with van der Waals surface area (Å²) in [5.74, 6) is 2.05. The SMILES string of the molecule is O=C(c1ccc(OCC2CC2)cc1)N1CCC[C@H](c2ccn[nH]2)C1. The number of likely N-dealkylation sites (tertiary alicyclic amines) is 1. The molecule has 0 bridgehead atoms. The summed E-state index contributed by atoms with van der Waals surface area (Å²) in [6.45, 7) is 2.37. The van der Waals surface area contributed by atoms with E-state index in [9.17, 15) is 4.79 Å². The third-order valence-corrected chi connectivity index (χ3v) is 4.95. The highest BCUT2D eigenvalue weighted by molar-refractivity contribution is 5.94. The highest BCUT2D eigenvalue weighted by atomic mass is 16.5. The summed E-state index contributed by atoms with van der Waals surface area (Å²) in [5.41, 5.74) is 1.86. The van der Waals surface area contributed by atoms with Crippen molar-refractivity contribution >= 4 is 5.91 Å². The molecule has 2 heterocycles. The second-order valence-corrected chi connectivity index (χ2v) is 6.88. The molecule has 1 aromatic heterocycles. The molecule has 1 saturated carbocycles. The van der Waals surface area contributed by atoms with Gasteiger partial charge in [0, 0.05) is 36.5 Å². The largest absolute Gasteiger partial charge is 0.493 e. The summed E-state index contributed by atoms with van der Waals surface area (Å²) in [5, 5.41) is 7.06. The molecule has 1 aromatic carbocycles. The first-order chi connectivity index (χ1) is 11.8. The molecule has 2 aromatic rings. The number of carbonyl (C=O) groups excluding carboxylic acids is 1. The molecule has 0 spiro atoms. The first kappa shape index (κ1) is 15.2. The molecular formula is C19H23N3O2. The van der Waals surface area contributed by atoms with Crippen molar-refractivity contribution in [1.29, 1.82) is 0 Å². The fourth-order valence-electron chi connectivity index (χ4n) is 3.28. The topological polar surface area (TPSA) is 58.2 Å². The van der Waals surface area contributed by atoms with Gasteiger partial charge in [0.2, 0.25) is 0 Å². The van der Waals surface area contributed by atoms with E-state index in [4.69, 9.17) is 4.74 Å². The Kier molecular flexibility index (Phi) is 4.24. The first-order valence-electron chi connectivity index (χ1n) is 8.81. The Morgan fingerprint density at radius 1 is 1.21 bits per heavy atom. The van der Waals surface area contributed by atoms with Crippen molar-refractivity contribution in [3.8, 4) is 5.75 Å². The third kappa shape index (κ3) is 3.45. The summed E-state index contributed by atoms with van der Waals surface area (Å²) in [6, 6.07) is 9.58. The van der Waals surface area contributed by atoms with Gasteiger partial charge in [-0.15, -0.1) is 0 Å². The normalized spacial score (nSPS) is 20.8. The van der Waals surface area contributed by atoms with Gasteiger partial charge in [-0.3, -0.25) is 9.89 Å². The van der Waals surface area contributed by atoms with Gasteiger partial charge in [0.25, 0.3) is 5.91 Å². The summed E-state index contributed by atoms with van der Waals surface area (Å²) in [7, 11) is 0. The number of nitrogens with zero attached hydrogens (tertiary/aromatic N) is 2. The number of piperidine rings is 1. The average molecular weight is 325 g/mol. The molecule has 0 unspecified atom stereocenters. The molecule has 126 valence electrons. The van der Waals surface area contributed by atoms with Crippen LogP contribution in [-0.2, 0) is 0 Å². The molecule has 1 saturated heterocycles. The zero-order chi connectivity index (χ0) is 16.4. The molecule has 1 amide bonds. The van der Waals surface area contributed by atoms with Crippen molar-refractivity contribution in [2.45, 2.75) is 31.6 Å². The molecule has 1 aliphatic heterocycles. The van der Waals surface area contributed by atoms with Crippen LogP contribution in [0.3, 0.4) is 0 Å². The highest BCUT2D eigenvalue weighted by Gasteiger charge is 2.26. The van der Waals surface area contributed by atoms with Crippen molar-refractivity contribution in [2.24, 2.45) is 5.92 Å². The molecule has 0 radical (unpaired) electrons. The minimum Gasteiger partial charge on any atom is -0.493 e. The third-order valence-electron chi connectivity index (χ3n) is 4.95. The Hall–Kier alpha value is -2.30. The predicted molar refractivity (Wildman–Crippen MR) is 91.1 cm³/mol. The maximum absolute atomic E-state index is 12.8. The van der Waals surface area contributed by atoms with E-state index in [0.717, 1.165) is 55.5 Å². The fraction of sp³-hybridized carbons (Fsp3) is 0.474. The summed E-state index contributed by atoms with van der Waals surface area (Å²) in [4.78, 5) is 14.7. The van der Waals surface area contributed by atoms with Crippen LogP contribution in [-0.4, -0.2) is 40.7 Å². The smallest absolute Gasteiger partial charge is 0.253 e. The van der Waals surface area contributed by atoms with Gasteiger partial charge < -0.3 is 9.64 Å². The number of rotatable bonds is 5. The Labute approximate surface area is 142 Å². The Balaban J connectivity index is 1.38. The number of H-pyrrole nitrogens is 1. The number of amides is 1. The Morgan fingerprint density at radius 2 is 2.04 bits per heavy atom. The van der Waals surface area contributed by atoms with Crippen molar-refractivity contribution in [1.82, 2.24) is 15.1 Å². The summed E-state index contributed by atoms with van der Waals surface area (Å²) >= 11 is 0. The van der Waals surface area contributed by atoms with Gasteiger partial charge in [0.05, 0.1) is 6.61 Å². The number of hydrogen-bond acceptors (Lipinski definition) is 3. The number of benzene rings is 1. The maximum Gasteiger partial charge on any atom is 0.253 e. The van der Waals surface area contributed by atoms with Crippen LogP contribution in [0.15, 0.2) is 36.5 Å². The van der Waals surface area contributed by atoms with Crippen LogP contribution in [0.1, 0.15) is 47.7 Å². The minimum atomic E-state index is 0.105. The Bertz CT molecular complexity index is 677. The predicted octanol–water partition coefficient (Wildman–Crippen LogP) is 3.22. The zero-order valence-corrected chi connectivity index (χ0v) is 13.8. The van der Waals surface area contributed by atoms with Crippen LogP contribution in [0.25, 0.3) is 0 Å². The molecule has 1 aliphatic carbocycles. The van der Waals surface area contributed by atoms with Gasteiger partial charge in [-0.1, -0.05) is 0 Å². The molecule has 1 atom stereocenters. The number of aromatic nitrogens is 2. The number of hydrogen-bond donors (Lipinski definition) is 1.